The minimum atomic E-state index is -3.78. The Morgan fingerprint density at radius 3 is 2.45 bits per heavy atom. The number of anilines is 1. The van der Waals surface area contributed by atoms with Crippen molar-refractivity contribution in [3.63, 3.8) is 0 Å². The Hall–Kier alpha value is -2.20. The van der Waals surface area contributed by atoms with Crippen LogP contribution >= 0.6 is 0 Å². The van der Waals surface area contributed by atoms with Crippen molar-refractivity contribution in [1.29, 1.82) is 0 Å². The van der Waals surface area contributed by atoms with Crippen molar-refractivity contribution in [2.75, 3.05) is 44.2 Å². The first-order valence-corrected chi connectivity index (χ1v) is 13.5. The van der Waals surface area contributed by atoms with Gasteiger partial charge in [-0.25, -0.2) is 8.42 Å². The molecule has 9 nitrogen and oxygen atoms in total. The molecule has 3 aliphatic rings. The summed E-state index contributed by atoms with van der Waals surface area (Å²) in [4.78, 5) is 28.0. The van der Waals surface area contributed by atoms with Crippen LogP contribution < -0.4 is 4.90 Å². The molecule has 2 aliphatic heterocycles. The van der Waals surface area contributed by atoms with E-state index < -0.39 is 14.9 Å². The molecule has 0 bridgehead atoms. The van der Waals surface area contributed by atoms with Gasteiger partial charge in [0.05, 0.1) is 9.82 Å². The molecular weight excluding hydrogens is 444 g/mol. The number of hydrogen-bond acceptors (Lipinski definition) is 6. The van der Waals surface area contributed by atoms with Crippen LogP contribution in [-0.2, 0) is 14.8 Å². The molecule has 33 heavy (non-hydrogen) atoms. The van der Waals surface area contributed by atoms with E-state index in [-0.39, 0.29) is 28.3 Å². The van der Waals surface area contributed by atoms with Crippen molar-refractivity contribution < 1.29 is 18.1 Å². The number of nitro benzene ring substituents is 1. The van der Waals surface area contributed by atoms with Crippen LogP contribution in [0.1, 0.15) is 51.9 Å². The maximum absolute atomic E-state index is 13.1. The van der Waals surface area contributed by atoms with Crippen molar-refractivity contribution in [3.8, 4) is 0 Å². The number of carbonyl (C=O) groups is 1. The molecule has 1 aromatic carbocycles. The summed E-state index contributed by atoms with van der Waals surface area (Å²) in [7, 11) is -3.78. The van der Waals surface area contributed by atoms with Gasteiger partial charge in [0.15, 0.2) is 0 Å². The lowest BCUT2D eigenvalue weighted by Gasteiger charge is -2.30. The molecule has 1 amide bonds. The SMILES string of the molecule is CC1CCCN(S(=O)(=O)c2ccc(N3CCCN(C(=O)C4CCCC4)CC3)c([N+](=O)[O-])c2)C1. The van der Waals surface area contributed by atoms with E-state index >= 15 is 0 Å². The zero-order chi connectivity index (χ0) is 23.6. The number of amides is 1. The Morgan fingerprint density at radius 1 is 1.00 bits per heavy atom. The van der Waals surface area contributed by atoms with Gasteiger partial charge in [0.25, 0.3) is 5.69 Å². The maximum Gasteiger partial charge on any atom is 0.293 e. The summed E-state index contributed by atoms with van der Waals surface area (Å²) in [5, 5.41) is 11.9. The molecule has 182 valence electrons. The van der Waals surface area contributed by atoms with Crippen LogP contribution in [0.25, 0.3) is 0 Å². The van der Waals surface area contributed by atoms with E-state index in [1.165, 1.54) is 16.4 Å². The van der Waals surface area contributed by atoms with Gasteiger partial charge in [-0.3, -0.25) is 14.9 Å². The van der Waals surface area contributed by atoms with Gasteiger partial charge in [0.2, 0.25) is 15.9 Å². The topological polar surface area (TPSA) is 104 Å². The van der Waals surface area contributed by atoms with Crippen molar-refractivity contribution >= 4 is 27.3 Å². The van der Waals surface area contributed by atoms with E-state index in [1.54, 1.807) is 6.07 Å². The zero-order valence-corrected chi connectivity index (χ0v) is 20.1. The summed E-state index contributed by atoms with van der Waals surface area (Å²) in [6.07, 6.45) is 6.63. The highest BCUT2D eigenvalue weighted by atomic mass is 32.2. The van der Waals surface area contributed by atoms with Gasteiger partial charge in [0.1, 0.15) is 5.69 Å². The van der Waals surface area contributed by atoms with Gasteiger partial charge in [-0.05, 0) is 50.2 Å². The van der Waals surface area contributed by atoms with Crippen LogP contribution in [0.5, 0.6) is 0 Å². The molecule has 2 saturated heterocycles. The first-order valence-electron chi connectivity index (χ1n) is 12.1. The summed E-state index contributed by atoms with van der Waals surface area (Å²) in [5.74, 6) is 0.601. The van der Waals surface area contributed by atoms with E-state index in [1.807, 2.05) is 16.7 Å². The molecule has 0 spiro atoms. The highest BCUT2D eigenvalue weighted by Gasteiger charge is 2.33. The largest absolute Gasteiger partial charge is 0.364 e. The monoisotopic (exact) mass is 478 g/mol. The minimum absolute atomic E-state index is 0.0279. The lowest BCUT2D eigenvalue weighted by molar-refractivity contribution is -0.384. The Kier molecular flexibility index (Phi) is 7.23. The molecular formula is C23H34N4O5S. The normalized spacial score (nSPS) is 23.5. The Labute approximate surface area is 195 Å². The predicted molar refractivity (Wildman–Crippen MR) is 126 cm³/mol. The molecule has 0 aromatic heterocycles. The Morgan fingerprint density at radius 2 is 1.76 bits per heavy atom. The second kappa shape index (κ2) is 9.97. The van der Waals surface area contributed by atoms with Gasteiger partial charge < -0.3 is 9.80 Å². The molecule has 0 N–H and O–H groups in total. The van der Waals surface area contributed by atoms with Gasteiger partial charge in [-0.15, -0.1) is 0 Å². The smallest absolute Gasteiger partial charge is 0.293 e. The van der Waals surface area contributed by atoms with Crippen LogP contribution in [-0.4, -0.2) is 67.7 Å². The van der Waals surface area contributed by atoms with E-state index in [2.05, 4.69) is 0 Å². The van der Waals surface area contributed by atoms with Gasteiger partial charge in [0, 0.05) is 51.3 Å². The van der Waals surface area contributed by atoms with E-state index in [9.17, 15) is 23.3 Å². The second-order valence-corrected chi connectivity index (χ2v) is 11.6. The fourth-order valence-electron chi connectivity index (χ4n) is 5.40. The number of sulfonamides is 1. The molecule has 10 heteroatoms. The van der Waals surface area contributed by atoms with Crippen molar-refractivity contribution in [2.24, 2.45) is 11.8 Å². The summed E-state index contributed by atoms with van der Waals surface area (Å²) in [6.45, 7) is 5.17. The summed E-state index contributed by atoms with van der Waals surface area (Å²) >= 11 is 0. The number of nitrogens with zero attached hydrogens (tertiary/aromatic N) is 4. The third-order valence-corrected chi connectivity index (χ3v) is 9.11. The third-order valence-electron chi connectivity index (χ3n) is 7.25. The van der Waals surface area contributed by atoms with E-state index in [0.29, 0.717) is 45.0 Å². The molecule has 1 saturated carbocycles. The second-order valence-electron chi connectivity index (χ2n) is 9.67. The number of nitro groups is 1. The molecule has 1 aromatic rings. The predicted octanol–water partition coefficient (Wildman–Crippen LogP) is 3.24. The van der Waals surface area contributed by atoms with Crippen molar-refractivity contribution in [1.82, 2.24) is 9.21 Å². The van der Waals surface area contributed by atoms with Crippen LogP contribution in [0.3, 0.4) is 0 Å². The molecule has 0 radical (unpaired) electrons. The highest BCUT2D eigenvalue weighted by molar-refractivity contribution is 7.89. The van der Waals surface area contributed by atoms with E-state index in [0.717, 1.165) is 44.9 Å². The van der Waals surface area contributed by atoms with Crippen LogP contribution in [0.2, 0.25) is 0 Å². The number of rotatable bonds is 5. The highest BCUT2D eigenvalue weighted by Crippen LogP contribution is 2.34. The molecule has 1 aliphatic carbocycles. The van der Waals surface area contributed by atoms with Gasteiger partial charge in [-0.1, -0.05) is 19.8 Å². The zero-order valence-electron chi connectivity index (χ0n) is 19.3. The Bertz CT molecular complexity index is 993. The minimum Gasteiger partial charge on any atom is -0.364 e. The standard InChI is InChI=1S/C23H34N4O5S/c1-18-6-4-13-26(17-18)33(31,32)20-9-10-21(22(16-20)27(29)30)24-11-5-12-25(15-14-24)23(28)19-7-2-3-8-19/h9-10,16,18-19H,2-8,11-15,17H2,1H3. The Balaban J connectivity index is 1.53. The number of hydrogen-bond donors (Lipinski definition) is 0. The maximum atomic E-state index is 13.1. The quantitative estimate of drug-likeness (QED) is 0.475. The molecule has 1 unspecified atom stereocenters. The van der Waals surface area contributed by atoms with Crippen molar-refractivity contribution in [2.45, 2.75) is 56.8 Å². The average Bonchev–Trinajstić information content (AvgIpc) is 3.23. The van der Waals surface area contributed by atoms with E-state index in [4.69, 9.17) is 0 Å². The van der Waals surface area contributed by atoms with Gasteiger partial charge in [-0.2, -0.15) is 4.31 Å². The first-order chi connectivity index (χ1) is 15.8. The van der Waals surface area contributed by atoms with Crippen LogP contribution in [0.4, 0.5) is 11.4 Å². The van der Waals surface area contributed by atoms with Crippen LogP contribution in [0.15, 0.2) is 23.1 Å². The molecule has 3 fully saturated rings. The van der Waals surface area contributed by atoms with Crippen LogP contribution in [0, 0.1) is 22.0 Å². The molecule has 4 rings (SSSR count). The van der Waals surface area contributed by atoms with Gasteiger partial charge >= 0.3 is 0 Å². The molecule has 2 heterocycles. The fourth-order valence-corrected chi connectivity index (χ4v) is 7.02. The third kappa shape index (κ3) is 5.16. The lowest BCUT2D eigenvalue weighted by Crippen LogP contribution is -2.39. The summed E-state index contributed by atoms with van der Waals surface area (Å²) in [6, 6.07) is 4.26. The lowest BCUT2D eigenvalue weighted by atomic mass is 10.0. The summed E-state index contributed by atoms with van der Waals surface area (Å²) < 4.78 is 27.7. The average molecular weight is 479 g/mol. The molecule has 1 atom stereocenters. The fraction of sp³-hybridized carbons (Fsp3) is 0.696. The number of carbonyl (C=O) groups excluding carboxylic acids is 1. The number of piperidine rings is 1. The summed E-state index contributed by atoms with van der Waals surface area (Å²) in [5.41, 5.74) is 0.220. The first kappa shape index (κ1) is 23.9. The number of benzene rings is 1. The van der Waals surface area contributed by atoms with Crippen molar-refractivity contribution in [3.05, 3.63) is 28.3 Å².